The summed E-state index contributed by atoms with van der Waals surface area (Å²) in [7, 11) is -4.26. The van der Waals surface area contributed by atoms with Crippen LogP contribution in [0.3, 0.4) is 0 Å². The van der Waals surface area contributed by atoms with Gasteiger partial charge in [-0.15, -0.1) is 0 Å². The summed E-state index contributed by atoms with van der Waals surface area (Å²) in [6, 6.07) is 47.9. The van der Waals surface area contributed by atoms with Gasteiger partial charge in [0.05, 0.1) is 0 Å². The maximum atomic E-state index is 14.6. The summed E-state index contributed by atoms with van der Waals surface area (Å²) < 4.78 is 33.1. The average Bonchev–Trinajstić information content (AvgIpc) is 2.98. The fourth-order valence-electron chi connectivity index (χ4n) is 4.45. The molecule has 0 bridgehead atoms. The number of hydrogen-bond acceptors (Lipinski definition) is 4. The Hall–Kier alpha value is -4.79. The van der Waals surface area contributed by atoms with E-state index < -0.39 is 7.82 Å². The zero-order valence-corrected chi connectivity index (χ0v) is 21.9. The standard InChI is InChI=1S/C34H25O4P/c35-39(36-30-24-23-26-13-7-8-18-29(26)25-30,37-33-21-11-9-19-31(33)27-14-3-1-4-15-27)38-34-22-12-10-20-32(34)28-16-5-2-6-17-28/h1-25H. The molecular weight excluding hydrogens is 503 g/mol. The van der Waals surface area contributed by atoms with E-state index in [0.29, 0.717) is 17.2 Å². The molecule has 0 aromatic heterocycles. The van der Waals surface area contributed by atoms with Crippen LogP contribution in [0.25, 0.3) is 33.0 Å². The van der Waals surface area contributed by atoms with Crippen LogP contribution in [-0.2, 0) is 4.57 Å². The molecule has 6 rings (SSSR count). The fraction of sp³-hybridized carbons (Fsp3) is 0. The van der Waals surface area contributed by atoms with E-state index >= 15 is 0 Å². The summed E-state index contributed by atoms with van der Waals surface area (Å²) in [6.07, 6.45) is 0. The highest BCUT2D eigenvalue weighted by molar-refractivity contribution is 7.49. The molecule has 0 aliphatic heterocycles. The number of hydrogen-bond donors (Lipinski definition) is 0. The normalized spacial score (nSPS) is 11.2. The highest BCUT2D eigenvalue weighted by atomic mass is 31.2. The fourth-order valence-corrected chi connectivity index (χ4v) is 5.74. The van der Waals surface area contributed by atoms with Gasteiger partial charge in [-0.05, 0) is 46.2 Å². The predicted molar refractivity (Wildman–Crippen MR) is 157 cm³/mol. The van der Waals surface area contributed by atoms with Crippen molar-refractivity contribution in [3.05, 3.63) is 152 Å². The lowest BCUT2D eigenvalue weighted by molar-refractivity contribution is 0.299. The van der Waals surface area contributed by atoms with Gasteiger partial charge in [-0.2, -0.15) is 4.57 Å². The number of benzene rings is 6. The molecule has 0 saturated carbocycles. The quantitative estimate of drug-likeness (QED) is 0.184. The lowest BCUT2D eigenvalue weighted by atomic mass is 10.1. The summed E-state index contributed by atoms with van der Waals surface area (Å²) in [6.45, 7) is 0. The first kappa shape index (κ1) is 24.5. The van der Waals surface area contributed by atoms with Crippen LogP contribution in [0, 0.1) is 0 Å². The van der Waals surface area contributed by atoms with E-state index in [0.717, 1.165) is 33.0 Å². The van der Waals surface area contributed by atoms with E-state index in [9.17, 15) is 4.57 Å². The molecule has 6 aromatic rings. The van der Waals surface area contributed by atoms with Crippen molar-refractivity contribution in [2.45, 2.75) is 0 Å². The molecule has 0 fully saturated rings. The number of para-hydroxylation sites is 2. The van der Waals surface area contributed by atoms with Crippen LogP contribution < -0.4 is 13.6 Å². The Kier molecular flexibility index (Phi) is 6.86. The van der Waals surface area contributed by atoms with Gasteiger partial charge in [0.2, 0.25) is 0 Å². The summed E-state index contributed by atoms with van der Waals surface area (Å²) in [5, 5.41) is 2.00. The lowest BCUT2D eigenvalue weighted by Crippen LogP contribution is -2.08. The van der Waals surface area contributed by atoms with E-state index in [2.05, 4.69) is 0 Å². The molecule has 0 N–H and O–H groups in total. The van der Waals surface area contributed by atoms with Gasteiger partial charge < -0.3 is 13.6 Å². The third-order valence-electron chi connectivity index (χ3n) is 6.30. The second-order valence-electron chi connectivity index (χ2n) is 8.95. The second-order valence-corrected chi connectivity index (χ2v) is 10.4. The summed E-state index contributed by atoms with van der Waals surface area (Å²) in [5.74, 6) is 1.17. The highest BCUT2D eigenvalue weighted by Gasteiger charge is 2.35. The lowest BCUT2D eigenvalue weighted by Gasteiger charge is -2.22. The molecule has 0 aliphatic carbocycles. The van der Waals surface area contributed by atoms with Crippen molar-refractivity contribution in [3.63, 3.8) is 0 Å². The van der Waals surface area contributed by atoms with Crippen LogP contribution in [0.2, 0.25) is 0 Å². The van der Waals surface area contributed by atoms with E-state index in [-0.39, 0.29) is 0 Å². The zero-order chi connectivity index (χ0) is 26.5. The Balaban J connectivity index is 1.42. The molecule has 0 heterocycles. The van der Waals surface area contributed by atoms with Gasteiger partial charge in [0.25, 0.3) is 0 Å². The second kappa shape index (κ2) is 10.9. The maximum absolute atomic E-state index is 14.6. The number of rotatable bonds is 8. The van der Waals surface area contributed by atoms with Crippen LogP contribution in [0.1, 0.15) is 0 Å². The molecular formula is C34H25O4P. The van der Waals surface area contributed by atoms with Gasteiger partial charge in [-0.3, -0.25) is 0 Å². The van der Waals surface area contributed by atoms with Crippen molar-refractivity contribution in [3.8, 4) is 39.5 Å². The maximum Gasteiger partial charge on any atom is 0.647 e. The molecule has 190 valence electrons. The molecule has 0 saturated heterocycles. The van der Waals surface area contributed by atoms with Gasteiger partial charge in [0.15, 0.2) is 0 Å². The third-order valence-corrected chi connectivity index (χ3v) is 7.58. The van der Waals surface area contributed by atoms with Gasteiger partial charge in [0.1, 0.15) is 17.2 Å². The van der Waals surface area contributed by atoms with Crippen molar-refractivity contribution in [2.75, 3.05) is 0 Å². The molecule has 0 aliphatic rings. The van der Waals surface area contributed by atoms with E-state index in [1.807, 2.05) is 133 Å². The van der Waals surface area contributed by atoms with Crippen molar-refractivity contribution >= 4 is 18.6 Å². The van der Waals surface area contributed by atoms with Gasteiger partial charge in [-0.1, -0.05) is 127 Å². The Bertz CT molecular complexity index is 1680. The Morgan fingerprint density at radius 1 is 0.410 bits per heavy atom. The van der Waals surface area contributed by atoms with Crippen LogP contribution in [0.5, 0.6) is 17.2 Å². The number of phosphoric ester groups is 1. The molecule has 0 radical (unpaired) electrons. The number of phosphoric acid groups is 1. The average molecular weight is 529 g/mol. The predicted octanol–water partition coefficient (Wildman–Crippen LogP) is 9.82. The molecule has 0 spiro atoms. The van der Waals surface area contributed by atoms with Gasteiger partial charge in [-0.25, -0.2) is 0 Å². The van der Waals surface area contributed by atoms with Crippen LogP contribution in [0.4, 0.5) is 0 Å². The Labute approximate surface area is 227 Å². The van der Waals surface area contributed by atoms with Crippen molar-refractivity contribution in [1.29, 1.82) is 0 Å². The van der Waals surface area contributed by atoms with Crippen molar-refractivity contribution < 1.29 is 18.1 Å². The van der Waals surface area contributed by atoms with E-state index in [1.54, 1.807) is 18.2 Å². The minimum absolute atomic E-state index is 0.381. The molecule has 0 amide bonds. The Morgan fingerprint density at radius 3 is 1.44 bits per heavy atom. The first-order valence-corrected chi connectivity index (χ1v) is 14.1. The van der Waals surface area contributed by atoms with Crippen LogP contribution >= 0.6 is 7.82 Å². The molecule has 4 nitrogen and oxygen atoms in total. The van der Waals surface area contributed by atoms with Crippen LogP contribution in [0.15, 0.2) is 152 Å². The zero-order valence-electron chi connectivity index (χ0n) is 21.0. The summed E-state index contributed by atoms with van der Waals surface area (Å²) in [4.78, 5) is 0. The minimum Gasteiger partial charge on any atom is -0.386 e. The summed E-state index contributed by atoms with van der Waals surface area (Å²) in [5.41, 5.74) is 3.41. The monoisotopic (exact) mass is 528 g/mol. The topological polar surface area (TPSA) is 44.8 Å². The summed E-state index contributed by atoms with van der Waals surface area (Å²) >= 11 is 0. The molecule has 6 aromatic carbocycles. The van der Waals surface area contributed by atoms with Gasteiger partial charge >= 0.3 is 7.82 Å². The molecule has 0 atom stereocenters. The largest absolute Gasteiger partial charge is 0.647 e. The first-order valence-electron chi connectivity index (χ1n) is 12.6. The van der Waals surface area contributed by atoms with E-state index in [4.69, 9.17) is 13.6 Å². The van der Waals surface area contributed by atoms with Crippen molar-refractivity contribution in [2.24, 2.45) is 0 Å². The highest BCUT2D eigenvalue weighted by Crippen LogP contribution is 2.53. The van der Waals surface area contributed by atoms with Crippen LogP contribution in [-0.4, -0.2) is 0 Å². The third kappa shape index (κ3) is 5.57. The smallest absolute Gasteiger partial charge is 0.386 e. The van der Waals surface area contributed by atoms with E-state index in [1.165, 1.54) is 0 Å². The molecule has 39 heavy (non-hydrogen) atoms. The minimum atomic E-state index is -4.26. The number of fused-ring (bicyclic) bond motifs is 1. The molecule has 5 heteroatoms. The Morgan fingerprint density at radius 2 is 0.872 bits per heavy atom. The molecule has 0 unspecified atom stereocenters. The SMILES string of the molecule is O=P(Oc1ccc2ccccc2c1)(Oc1ccccc1-c1ccccc1)Oc1ccccc1-c1ccccc1. The first-order chi connectivity index (χ1) is 19.2. The van der Waals surface area contributed by atoms with Crippen molar-refractivity contribution in [1.82, 2.24) is 0 Å². The van der Waals surface area contributed by atoms with Gasteiger partial charge in [0, 0.05) is 11.1 Å².